The lowest BCUT2D eigenvalue weighted by atomic mass is 9.74. The molecule has 1 saturated heterocycles. The molecule has 0 radical (unpaired) electrons. The van der Waals surface area contributed by atoms with Crippen molar-refractivity contribution < 1.29 is 9.53 Å². The van der Waals surface area contributed by atoms with Crippen LogP contribution in [0.3, 0.4) is 0 Å². The summed E-state index contributed by atoms with van der Waals surface area (Å²) in [6, 6.07) is 0. The third-order valence-electron chi connectivity index (χ3n) is 4.72. The van der Waals surface area contributed by atoms with Crippen molar-refractivity contribution >= 4 is 18.3 Å². The summed E-state index contributed by atoms with van der Waals surface area (Å²) in [6.07, 6.45) is 6.47. The van der Waals surface area contributed by atoms with Crippen molar-refractivity contribution in [1.29, 1.82) is 0 Å². The number of amides is 1. The van der Waals surface area contributed by atoms with Gasteiger partial charge in [-0.15, -0.1) is 12.4 Å². The summed E-state index contributed by atoms with van der Waals surface area (Å²) in [5.41, 5.74) is 5.99. The molecule has 3 unspecified atom stereocenters. The summed E-state index contributed by atoms with van der Waals surface area (Å²) in [5, 5.41) is 0. The molecule has 0 aromatic rings. The van der Waals surface area contributed by atoms with E-state index in [9.17, 15) is 4.79 Å². The highest BCUT2D eigenvalue weighted by Gasteiger charge is 2.39. The first-order chi connectivity index (χ1) is 9.00. The fourth-order valence-electron chi connectivity index (χ4n) is 3.46. The minimum Gasteiger partial charge on any atom is -0.381 e. The molecular weight excluding hydrogens is 276 g/mol. The lowest BCUT2D eigenvalue weighted by Gasteiger charge is -2.40. The number of ether oxygens (including phenoxy) is 1. The van der Waals surface area contributed by atoms with E-state index < -0.39 is 0 Å². The molecule has 0 aromatic heterocycles. The van der Waals surface area contributed by atoms with Crippen LogP contribution in [0.2, 0.25) is 0 Å². The topological polar surface area (TPSA) is 55.6 Å². The zero-order valence-corrected chi connectivity index (χ0v) is 13.6. The maximum Gasteiger partial charge on any atom is 0.227 e. The van der Waals surface area contributed by atoms with Gasteiger partial charge in [-0.1, -0.05) is 12.8 Å². The Labute approximate surface area is 128 Å². The van der Waals surface area contributed by atoms with E-state index in [0.717, 1.165) is 51.9 Å². The maximum atomic E-state index is 12.6. The van der Waals surface area contributed by atoms with Gasteiger partial charge in [-0.2, -0.15) is 0 Å². The predicted octanol–water partition coefficient (Wildman–Crippen LogP) is 2.20. The molecule has 2 fully saturated rings. The number of nitrogens with two attached hydrogens (primary N) is 1. The summed E-state index contributed by atoms with van der Waals surface area (Å²) in [5.74, 6) is 0.723. The molecule has 3 atom stereocenters. The lowest BCUT2D eigenvalue weighted by Crippen LogP contribution is -2.53. The van der Waals surface area contributed by atoms with Crippen LogP contribution in [0.15, 0.2) is 0 Å². The molecule has 0 aromatic carbocycles. The first kappa shape index (κ1) is 17.7. The Morgan fingerprint density at radius 1 is 1.35 bits per heavy atom. The van der Waals surface area contributed by atoms with Gasteiger partial charge in [0.25, 0.3) is 0 Å². The lowest BCUT2D eigenvalue weighted by molar-refractivity contribution is -0.138. The van der Waals surface area contributed by atoms with E-state index in [1.165, 1.54) is 6.42 Å². The van der Waals surface area contributed by atoms with Crippen LogP contribution in [0.5, 0.6) is 0 Å². The molecule has 1 heterocycles. The molecule has 1 saturated carbocycles. The average molecular weight is 305 g/mol. The Kier molecular flexibility index (Phi) is 6.76. The van der Waals surface area contributed by atoms with E-state index in [2.05, 4.69) is 0 Å². The summed E-state index contributed by atoms with van der Waals surface area (Å²) in [7, 11) is 1.92. The predicted molar refractivity (Wildman–Crippen MR) is 83.0 cm³/mol. The molecule has 2 N–H and O–H groups in total. The standard InChI is InChI=1S/C15H28N2O2.ClH/c1-15(16)8-4-3-7-13(15)14(18)17(2)10-12-6-5-9-19-11-12;/h12-13H,3-11,16H2,1-2H3;1H. The van der Waals surface area contributed by atoms with Crippen molar-refractivity contribution in [2.45, 2.75) is 51.0 Å². The van der Waals surface area contributed by atoms with Crippen molar-refractivity contribution in [1.82, 2.24) is 4.90 Å². The Balaban J connectivity index is 0.00000200. The van der Waals surface area contributed by atoms with Crippen LogP contribution in [-0.4, -0.2) is 43.2 Å². The highest BCUT2D eigenvalue weighted by Crippen LogP contribution is 2.33. The van der Waals surface area contributed by atoms with Gasteiger partial charge >= 0.3 is 0 Å². The van der Waals surface area contributed by atoms with E-state index in [1.54, 1.807) is 0 Å². The Morgan fingerprint density at radius 3 is 2.70 bits per heavy atom. The minimum absolute atomic E-state index is 0. The highest BCUT2D eigenvalue weighted by molar-refractivity contribution is 5.85. The highest BCUT2D eigenvalue weighted by atomic mass is 35.5. The molecule has 5 heteroatoms. The molecule has 20 heavy (non-hydrogen) atoms. The molecular formula is C15H29ClN2O2. The van der Waals surface area contributed by atoms with Crippen LogP contribution in [0.1, 0.15) is 45.4 Å². The van der Waals surface area contributed by atoms with Crippen LogP contribution in [-0.2, 0) is 9.53 Å². The molecule has 1 amide bonds. The van der Waals surface area contributed by atoms with Gasteiger partial charge in [0.2, 0.25) is 5.91 Å². The van der Waals surface area contributed by atoms with Crippen molar-refractivity contribution in [2.24, 2.45) is 17.6 Å². The first-order valence-corrected chi connectivity index (χ1v) is 7.62. The van der Waals surface area contributed by atoms with Gasteiger partial charge in [0.1, 0.15) is 0 Å². The van der Waals surface area contributed by atoms with E-state index in [1.807, 2.05) is 18.9 Å². The molecule has 1 aliphatic heterocycles. The Bertz CT molecular complexity index is 317. The van der Waals surface area contributed by atoms with Gasteiger partial charge in [0.15, 0.2) is 0 Å². The molecule has 0 bridgehead atoms. The molecule has 0 spiro atoms. The van der Waals surface area contributed by atoms with Gasteiger partial charge in [-0.05, 0) is 38.5 Å². The fraction of sp³-hybridized carbons (Fsp3) is 0.933. The van der Waals surface area contributed by atoms with Gasteiger partial charge in [0, 0.05) is 25.7 Å². The Morgan fingerprint density at radius 2 is 2.10 bits per heavy atom. The van der Waals surface area contributed by atoms with Crippen molar-refractivity contribution in [3.05, 3.63) is 0 Å². The number of carbonyl (C=O) groups is 1. The Hall–Kier alpha value is -0.320. The third kappa shape index (κ3) is 4.34. The maximum absolute atomic E-state index is 12.6. The molecule has 2 aliphatic rings. The molecule has 2 rings (SSSR count). The number of halogens is 1. The van der Waals surface area contributed by atoms with Crippen molar-refractivity contribution in [3.8, 4) is 0 Å². The minimum atomic E-state index is -0.327. The second kappa shape index (κ2) is 7.62. The second-order valence-corrected chi connectivity index (χ2v) is 6.61. The molecule has 4 nitrogen and oxygen atoms in total. The average Bonchev–Trinajstić information content (AvgIpc) is 2.38. The smallest absolute Gasteiger partial charge is 0.227 e. The summed E-state index contributed by atoms with van der Waals surface area (Å²) >= 11 is 0. The van der Waals surface area contributed by atoms with Gasteiger partial charge < -0.3 is 15.4 Å². The largest absolute Gasteiger partial charge is 0.381 e. The fourth-order valence-corrected chi connectivity index (χ4v) is 3.46. The van der Waals surface area contributed by atoms with E-state index in [-0.39, 0.29) is 29.8 Å². The SMILES string of the molecule is CN(CC1CCCOC1)C(=O)C1CCCCC1(C)N.Cl. The zero-order valence-electron chi connectivity index (χ0n) is 12.8. The number of hydrogen-bond donors (Lipinski definition) is 1. The second-order valence-electron chi connectivity index (χ2n) is 6.61. The van der Waals surface area contributed by atoms with Crippen LogP contribution >= 0.6 is 12.4 Å². The van der Waals surface area contributed by atoms with Crippen molar-refractivity contribution in [2.75, 3.05) is 26.8 Å². The zero-order chi connectivity index (χ0) is 13.9. The quantitative estimate of drug-likeness (QED) is 0.869. The van der Waals surface area contributed by atoms with Crippen LogP contribution in [0.25, 0.3) is 0 Å². The summed E-state index contributed by atoms with van der Waals surface area (Å²) in [6.45, 7) is 4.51. The summed E-state index contributed by atoms with van der Waals surface area (Å²) < 4.78 is 5.49. The molecule has 118 valence electrons. The number of carbonyl (C=O) groups excluding carboxylic acids is 1. The molecule has 1 aliphatic carbocycles. The number of nitrogens with zero attached hydrogens (tertiary/aromatic N) is 1. The van der Waals surface area contributed by atoms with Crippen LogP contribution in [0.4, 0.5) is 0 Å². The monoisotopic (exact) mass is 304 g/mol. The van der Waals surface area contributed by atoms with Gasteiger partial charge in [-0.3, -0.25) is 4.79 Å². The van der Waals surface area contributed by atoms with Crippen LogP contribution < -0.4 is 5.73 Å². The van der Waals surface area contributed by atoms with Gasteiger partial charge in [0.05, 0.1) is 12.5 Å². The third-order valence-corrected chi connectivity index (χ3v) is 4.72. The van der Waals surface area contributed by atoms with E-state index >= 15 is 0 Å². The van der Waals surface area contributed by atoms with E-state index in [0.29, 0.717) is 5.92 Å². The van der Waals surface area contributed by atoms with E-state index in [4.69, 9.17) is 10.5 Å². The number of rotatable bonds is 3. The normalized spacial score (nSPS) is 34.1. The number of hydrogen-bond acceptors (Lipinski definition) is 3. The summed E-state index contributed by atoms with van der Waals surface area (Å²) in [4.78, 5) is 14.5. The van der Waals surface area contributed by atoms with Crippen LogP contribution in [0, 0.1) is 11.8 Å². The first-order valence-electron chi connectivity index (χ1n) is 7.62. The van der Waals surface area contributed by atoms with Gasteiger partial charge in [-0.25, -0.2) is 0 Å². The van der Waals surface area contributed by atoms with Crippen molar-refractivity contribution in [3.63, 3.8) is 0 Å².